The number of hydrogen-bond donors (Lipinski definition) is 2. The summed E-state index contributed by atoms with van der Waals surface area (Å²) in [4.78, 5) is 47.0. The lowest BCUT2D eigenvalue weighted by Crippen LogP contribution is -2.35. The first-order valence-corrected chi connectivity index (χ1v) is 14.6. The van der Waals surface area contributed by atoms with Crippen LogP contribution in [0.5, 0.6) is 0 Å². The minimum Gasteiger partial charge on any atom is -0.359 e. The Kier molecular flexibility index (Phi) is 7.76. The summed E-state index contributed by atoms with van der Waals surface area (Å²) >= 11 is 12.9. The predicted molar refractivity (Wildman–Crippen MR) is 157 cm³/mol. The summed E-state index contributed by atoms with van der Waals surface area (Å²) in [6, 6.07) is 8.66. The number of carbonyl (C=O) groups excluding carboxylic acids is 2. The Hall–Kier alpha value is -3.43. The highest BCUT2D eigenvalue weighted by molar-refractivity contribution is 6.35. The Bertz CT molecular complexity index is 1560. The SMILES string of the molecule is O=C(CCC(Nc1ncnc2cc(C(=O)N3CCCC3)c(Cl)cc12)c1nc2cc(Cl)ccc2[nH]1)N1CCCCC1. The second-order valence-electron chi connectivity index (χ2n) is 10.5. The van der Waals surface area contributed by atoms with Gasteiger partial charge in [0.1, 0.15) is 18.0 Å². The number of hydrogen-bond acceptors (Lipinski definition) is 6. The number of halogens is 2. The molecule has 0 bridgehead atoms. The number of amides is 2. The highest BCUT2D eigenvalue weighted by Gasteiger charge is 2.25. The Morgan fingerprint density at radius 3 is 2.48 bits per heavy atom. The number of imidazole rings is 1. The number of carbonyl (C=O) groups is 2. The number of H-pyrrole nitrogens is 1. The molecule has 4 aromatic rings. The van der Waals surface area contributed by atoms with Crippen LogP contribution >= 0.6 is 23.2 Å². The molecular formula is C29H31Cl2N7O2. The lowest BCUT2D eigenvalue weighted by atomic mass is 10.1. The first kappa shape index (κ1) is 26.8. The minimum atomic E-state index is -0.345. The van der Waals surface area contributed by atoms with Crippen LogP contribution in [-0.2, 0) is 4.79 Å². The quantitative estimate of drug-likeness (QED) is 0.278. The van der Waals surface area contributed by atoms with E-state index in [4.69, 9.17) is 28.2 Å². The van der Waals surface area contributed by atoms with Gasteiger partial charge in [-0.05, 0) is 68.9 Å². The van der Waals surface area contributed by atoms with E-state index in [-0.39, 0.29) is 17.9 Å². The first-order chi connectivity index (χ1) is 19.5. The highest BCUT2D eigenvalue weighted by Crippen LogP contribution is 2.32. The number of aromatic nitrogens is 4. The lowest BCUT2D eigenvalue weighted by Gasteiger charge is -2.27. The molecule has 0 aliphatic carbocycles. The molecule has 0 saturated carbocycles. The Labute approximate surface area is 242 Å². The average molecular weight is 581 g/mol. The molecule has 2 amide bonds. The molecule has 1 atom stereocenters. The molecule has 9 nitrogen and oxygen atoms in total. The summed E-state index contributed by atoms with van der Waals surface area (Å²) in [5.41, 5.74) is 2.66. The number of anilines is 1. The van der Waals surface area contributed by atoms with Crippen molar-refractivity contribution in [2.24, 2.45) is 0 Å². The van der Waals surface area contributed by atoms with E-state index in [2.05, 4.69) is 20.3 Å². The zero-order chi connectivity index (χ0) is 27.6. The second kappa shape index (κ2) is 11.6. The fourth-order valence-corrected chi connectivity index (χ4v) is 6.03. The maximum atomic E-state index is 13.1. The monoisotopic (exact) mass is 579 g/mol. The zero-order valence-electron chi connectivity index (χ0n) is 22.1. The van der Waals surface area contributed by atoms with Crippen molar-refractivity contribution in [2.75, 3.05) is 31.5 Å². The molecule has 2 aliphatic heterocycles. The van der Waals surface area contributed by atoms with Crippen molar-refractivity contribution in [1.82, 2.24) is 29.7 Å². The van der Waals surface area contributed by atoms with Crippen LogP contribution in [-0.4, -0.2) is 67.7 Å². The molecule has 0 spiro atoms. The maximum absolute atomic E-state index is 13.1. The van der Waals surface area contributed by atoms with Crippen LogP contribution in [0.25, 0.3) is 21.9 Å². The maximum Gasteiger partial charge on any atom is 0.255 e. The van der Waals surface area contributed by atoms with E-state index in [0.29, 0.717) is 51.0 Å². The molecule has 2 aromatic heterocycles. The van der Waals surface area contributed by atoms with Crippen molar-refractivity contribution in [3.8, 4) is 0 Å². The number of aromatic amines is 1. The van der Waals surface area contributed by atoms with Gasteiger partial charge in [-0.25, -0.2) is 15.0 Å². The molecule has 6 rings (SSSR count). The van der Waals surface area contributed by atoms with Crippen molar-refractivity contribution < 1.29 is 9.59 Å². The summed E-state index contributed by atoms with van der Waals surface area (Å²) in [6.45, 7) is 3.11. The Balaban J connectivity index is 1.31. The topological polar surface area (TPSA) is 107 Å². The van der Waals surface area contributed by atoms with Gasteiger partial charge < -0.3 is 20.1 Å². The number of fused-ring (bicyclic) bond motifs is 2. The molecule has 4 heterocycles. The number of rotatable bonds is 7. The smallest absolute Gasteiger partial charge is 0.255 e. The number of likely N-dealkylation sites (tertiary alicyclic amines) is 2. The van der Waals surface area contributed by atoms with Crippen molar-refractivity contribution in [1.29, 1.82) is 0 Å². The fraction of sp³-hybridized carbons (Fsp3) is 0.414. The van der Waals surface area contributed by atoms with Gasteiger partial charge in [0.2, 0.25) is 5.91 Å². The van der Waals surface area contributed by atoms with Crippen LogP contribution in [0, 0.1) is 0 Å². The molecule has 1 unspecified atom stereocenters. The molecule has 40 heavy (non-hydrogen) atoms. The van der Waals surface area contributed by atoms with Gasteiger partial charge >= 0.3 is 0 Å². The molecule has 2 fully saturated rings. The molecule has 208 valence electrons. The van der Waals surface area contributed by atoms with E-state index >= 15 is 0 Å². The molecule has 2 aliphatic rings. The molecule has 2 saturated heterocycles. The standard InChI is InChI=1S/C29H31Cl2N7O2/c30-18-6-7-22-25(14-18)36-28(34-22)23(8-9-26(39)37-10-2-1-3-11-37)35-27-20-15-21(31)19(16-24(20)32-17-33-27)29(40)38-12-4-5-13-38/h6-7,14-17,23H,1-5,8-13H2,(H,34,36)(H,32,33,35). The van der Waals surface area contributed by atoms with E-state index in [1.807, 2.05) is 28.0 Å². The normalized spacial score (nSPS) is 16.6. The summed E-state index contributed by atoms with van der Waals surface area (Å²) in [6.07, 6.45) is 7.62. The minimum absolute atomic E-state index is 0.0763. The van der Waals surface area contributed by atoms with Gasteiger partial charge in [0.15, 0.2) is 0 Å². The third-order valence-electron chi connectivity index (χ3n) is 7.81. The molecule has 2 N–H and O–H groups in total. The van der Waals surface area contributed by atoms with Crippen molar-refractivity contribution >= 4 is 62.8 Å². The number of nitrogens with one attached hydrogen (secondary N) is 2. The lowest BCUT2D eigenvalue weighted by molar-refractivity contribution is -0.132. The van der Waals surface area contributed by atoms with Crippen molar-refractivity contribution in [3.63, 3.8) is 0 Å². The zero-order valence-corrected chi connectivity index (χ0v) is 23.6. The van der Waals surface area contributed by atoms with Gasteiger partial charge in [-0.2, -0.15) is 0 Å². The van der Waals surface area contributed by atoms with Crippen molar-refractivity contribution in [2.45, 2.75) is 51.0 Å². The fourth-order valence-electron chi connectivity index (χ4n) is 5.62. The van der Waals surface area contributed by atoms with Crippen LogP contribution in [0.3, 0.4) is 0 Å². The van der Waals surface area contributed by atoms with Crippen LogP contribution in [0.2, 0.25) is 10.0 Å². The average Bonchev–Trinajstić information content (AvgIpc) is 3.65. The van der Waals surface area contributed by atoms with E-state index in [1.54, 1.807) is 12.1 Å². The first-order valence-electron chi connectivity index (χ1n) is 13.9. The molecule has 0 radical (unpaired) electrons. The summed E-state index contributed by atoms with van der Waals surface area (Å²) in [5.74, 6) is 1.31. The van der Waals surface area contributed by atoms with Gasteiger partial charge in [-0.3, -0.25) is 9.59 Å². The third-order valence-corrected chi connectivity index (χ3v) is 8.36. The molecular weight excluding hydrogens is 549 g/mol. The number of nitrogens with zero attached hydrogens (tertiary/aromatic N) is 5. The van der Waals surface area contributed by atoms with Gasteiger partial charge in [0, 0.05) is 43.0 Å². The molecule has 11 heteroatoms. The summed E-state index contributed by atoms with van der Waals surface area (Å²) < 4.78 is 0. The van der Waals surface area contributed by atoms with Crippen LogP contribution in [0.15, 0.2) is 36.7 Å². The van der Waals surface area contributed by atoms with Crippen molar-refractivity contribution in [3.05, 3.63) is 58.1 Å². The highest BCUT2D eigenvalue weighted by atomic mass is 35.5. The van der Waals surface area contributed by atoms with Gasteiger partial charge in [0.05, 0.1) is 33.2 Å². The second-order valence-corrected chi connectivity index (χ2v) is 11.4. The number of piperidine rings is 1. The summed E-state index contributed by atoms with van der Waals surface area (Å²) in [7, 11) is 0. The number of benzene rings is 2. The van der Waals surface area contributed by atoms with Gasteiger partial charge in [-0.15, -0.1) is 0 Å². The Morgan fingerprint density at radius 2 is 1.68 bits per heavy atom. The Morgan fingerprint density at radius 1 is 0.925 bits per heavy atom. The van der Waals surface area contributed by atoms with E-state index < -0.39 is 0 Å². The van der Waals surface area contributed by atoms with E-state index in [9.17, 15) is 9.59 Å². The third kappa shape index (κ3) is 5.58. The van der Waals surface area contributed by atoms with Gasteiger partial charge in [0.25, 0.3) is 5.91 Å². The van der Waals surface area contributed by atoms with Gasteiger partial charge in [-0.1, -0.05) is 23.2 Å². The van der Waals surface area contributed by atoms with Crippen LogP contribution in [0.1, 0.15) is 67.2 Å². The largest absolute Gasteiger partial charge is 0.359 e. The van der Waals surface area contributed by atoms with Crippen LogP contribution in [0.4, 0.5) is 5.82 Å². The predicted octanol–water partition coefficient (Wildman–Crippen LogP) is 5.99. The molecule has 2 aromatic carbocycles. The summed E-state index contributed by atoms with van der Waals surface area (Å²) in [5, 5.41) is 5.15. The van der Waals surface area contributed by atoms with E-state index in [1.165, 1.54) is 12.7 Å². The van der Waals surface area contributed by atoms with E-state index in [0.717, 1.165) is 62.9 Å². The van der Waals surface area contributed by atoms with Crippen LogP contribution < -0.4 is 5.32 Å².